The van der Waals surface area contributed by atoms with E-state index in [0.717, 1.165) is 43.7 Å². The first kappa shape index (κ1) is 18.4. The van der Waals surface area contributed by atoms with Crippen molar-refractivity contribution in [3.8, 4) is 5.75 Å². The molecule has 1 aliphatic heterocycles. The minimum atomic E-state index is 0.0856. The minimum Gasteiger partial charge on any atom is -0.497 e. The Kier molecular flexibility index (Phi) is 6.61. The number of piperidine rings is 1. The molecule has 0 radical (unpaired) electrons. The third-order valence-electron chi connectivity index (χ3n) is 4.97. The normalized spacial score (nSPS) is 15.6. The molecule has 2 aromatic rings. The summed E-state index contributed by atoms with van der Waals surface area (Å²) in [6.45, 7) is 3.00. The van der Waals surface area contributed by atoms with E-state index in [0.29, 0.717) is 19.0 Å². The number of benzene rings is 1. The number of amides is 1. The van der Waals surface area contributed by atoms with Gasteiger partial charge in [-0.25, -0.2) is 0 Å². The summed E-state index contributed by atoms with van der Waals surface area (Å²) >= 11 is 0. The van der Waals surface area contributed by atoms with Gasteiger partial charge in [0.1, 0.15) is 5.75 Å². The molecule has 0 unspecified atom stereocenters. The zero-order chi connectivity index (χ0) is 18.2. The Morgan fingerprint density at radius 2 is 1.96 bits per heavy atom. The zero-order valence-corrected chi connectivity index (χ0v) is 15.4. The second-order valence-electron chi connectivity index (χ2n) is 6.91. The molecule has 0 saturated carbocycles. The predicted octanol–water partition coefficient (Wildman–Crippen LogP) is 2.66. The largest absolute Gasteiger partial charge is 0.497 e. The molecule has 0 spiro atoms. The molecule has 0 bridgehead atoms. The molecule has 1 aromatic heterocycles. The van der Waals surface area contributed by atoms with Crippen LogP contribution >= 0.6 is 0 Å². The van der Waals surface area contributed by atoms with Gasteiger partial charge in [0.05, 0.1) is 13.7 Å². The van der Waals surface area contributed by atoms with Gasteiger partial charge in [0, 0.05) is 18.9 Å². The van der Waals surface area contributed by atoms with Gasteiger partial charge < -0.3 is 10.1 Å². The lowest BCUT2D eigenvalue weighted by Gasteiger charge is -2.31. The highest BCUT2D eigenvalue weighted by Crippen LogP contribution is 2.22. The maximum Gasteiger partial charge on any atom is 0.234 e. The van der Waals surface area contributed by atoms with Crippen LogP contribution in [0, 0.1) is 5.92 Å². The number of rotatable bonds is 7. The van der Waals surface area contributed by atoms with Crippen LogP contribution < -0.4 is 10.1 Å². The number of pyridine rings is 1. The fraction of sp³-hybridized carbons (Fsp3) is 0.429. The van der Waals surface area contributed by atoms with E-state index in [9.17, 15) is 4.79 Å². The van der Waals surface area contributed by atoms with Crippen LogP contribution in [0.25, 0.3) is 0 Å². The van der Waals surface area contributed by atoms with E-state index in [1.807, 2.05) is 24.3 Å². The zero-order valence-electron chi connectivity index (χ0n) is 15.4. The first-order chi connectivity index (χ1) is 12.7. The van der Waals surface area contributed by atoms with Crippen molar-refractivity contribution in [2.24, 2.45) is 5.92 Å². The lowest BCUT2D eigenvalue weighted by atomic mass is 9.90. The van der Waals surface area contributed by atoms with Crippen LogP contribution in [-0.2, 0) is 17.8 Å². The van der Waals surface area contributed by atoms with Gasteiger partial charge >= 0.3 is 0 Å². The Balaban J connectivity index is 1.37. The molecule has 5 heteroatoms. The number of nitrogens with one attached hydrogen (secondary N) is 1. The predicted molar refractivity (Wildman–Crippen MR) is 102 cm³/mol. The Morgan fingerprint density at radius 3 is 2.62 bits per heavy atom. The summed E-state index contributed by atoms with van der Waals surface area (Å²) in [4.78, 5) is 18.4. The van der Waals surface area contributed by atoms with Gasteiger partial charge in [-0.3, -0.25) is 14.7 Å². The summed E-state index contributed by atoms with van der Waals surface area (Å²) in [7, 11) is 1.69. The number of ether oxygens (including phenoxy) is 1. The summed E-state index contributed by atoms with van der Waals surface area (Å²) in [6.07, 6.45) is 6.90. The molecule has 1 aliphatic rings. The van der Waals surface area contributed by atoms with Crippen LogP contribution in [0.1, 0.15) is 24.0 Å². The fourth-order valence-electron chi connectivity index (χ4n) is 3.41. The first-order valence-electron chi connectivity index (χ1n) is 9.24. The summed E-state index contributed by atoms with van der Waals surface area (Å²) < 4.78 is 5.21. The SMILES string of the molecule is COc1ccc(CC2CCN(CC(=O)NCc3cccnc3)CC2)cc1. The van der Waals surface area contributed by atoms with Gasteiger partial charge in [0.2, 0.25) is 5.91 Å². The number of methoxy groups -OCH3 is 1. The quantitative estimate of drug-likeness (QED) is 0.831. The van der Waals surface area contributed by atoms with E-state index in [4.69, 9.17) is 4.74 Å². The van der Waals surface area contributed by atoms with Crippen molar-refractivity contribution in [1.82, 2.24) is 15.2 Å². The second kappa shape index (κ2) is 9.34. The number of carbonyl (C=O) groups is 1. The van der Waals surface area contributed by atoms with Crippen LogP contribution in [0.5, 0.6) is 5.75 Å². The molecular formula is C21H27N3O2. The highest BCUT2D eigenvalue weighted by Gasteiger charge is 2.21. The molecule has 1 amide bonds. The Hall–Kier alpha value is -2.40. The molecule has 0 atom stereocenters. The first-order valence-corrected chi connectivity index (χ1v) is 9.24. The van der Waals surface area contributed by atoms with Crippen LogP contribution in [0.3, 0.4) is 0 Å². The van der Waals surface area contributed by atoms with Gasteiger partial charge in [-0.1, -0.05) is 18.2 Å². The third-order valence-corrected chi connectivity index (χ3v) is 4.97. The maximum atomic E-state index is 12.1. The van der Waals surface area contributed by atoms with Gasteiger partial charge in [0.15, 0.2) is 0 Å². The summed E-state index contributed by atoms with van der Waals surface area (Å²) in [5.41, 5.74) is 2.39. The molecular weight excluding hydrogens is 326 g/mol. The number of nitrogens with zero attached hydrogens (tertiary/aromatic N) is 2. The Bertz CT molecular complexity index is 680. The van der Waals surface area contributed by atoms with E-state index in [1.54, 1.807) is 19.5 Å². The molecule has 1 N–H and O–H groups in total. The Morgan fingerprint density at radius 1 is 1.19 bits per heavy atom. The molecule has 5 nitrogen and oxygen atoms in total. The van der Waals surface area contributed by atoms with Crippen molar-refractivity contribution in [2.75, 3.05) is 26.7 Å². The van der Waals surface area contributed by atoms with E-state index in [-0.39, 0.29) is 5.91 Å². The van der Waals surface area contributed by atoms with E-state index < -0.39 is 0 Å². The Labute approximate surface area is 155 Å². The molecule has 0 aliphatic carbocycles. The number of hydrogen-bond acceptors (Lipinski definition) is 4. The van der Waals surface area contributed by atoms with Gasteiger partial charge in [0.25, 0.3) is 0 Å². The van der Waals surface area contributed by atoms with Gasteiger partial charge in [-0.2, -0.15) is 0 Å². The van der Waals surface area contributed by atoms with Gasteiger partial charge in [-0.05, 0) is 67.6 Å². The van der Waals surface area contributed by atoms with E-state index in [1.165, 1.54) is 5.56 Å². The molecule has 138 valence electrons. The van der Waals surface area contributed by atoms with Gasteiger partial charge in [-0.15, -0.1) is 0 Å². The number of carbonyl (C=O) groups excluding carboxylic acids is 1. The summed E-state index contributed by atoms with van der Waals surface area (Å²) in [6, 6.07) is 12.2. The maximum absolute atomic E-state index is 12.1. The van der Waals surface area contributed by atoms with Crippen molar-refractivity contribution in [3.63, 3.8) is 0 Å². The molecule has 1 aromatic carbocycles. The van der Waals surface area contributed by atoms with Crippen LogP contribution in [0.2, 0.25) is 0 Å². The summed E-state index contributed by atoms with van der Waals surface area (Å²) in [5.74, 6) is 1.68. The fourth-order valence-corrected chi connectivity index (χ4v) is 3.41. The molecule has 1 fully saturated rings. The van der Waals surface area contributed by atoms with E-state index in [2.05, 4.69) is 27.3 Å². The monoisotopic (exact) mass is 353 g/mol. The average Bonchev–Trinajstić information content (AvgIpc) is 2.69. The van der Waals surface area contributed by atoms with Crippen molar-refractivity contribution < 1.29 is 9.53 Å². The summed E-state index contributed by atoms with van der Waals surface area (Å²) in [5, 5.41) is 2.98. The van der Waals surface area contributed by atoms with Crippen LogP contribution in [-0.4, -0.2) is 42.5 Å². The van der Waals surface area contributed by atoms with Crippen molar-refractivity contribution >= 4 is 5.91 Å². The molecule has 1 saturated heterocycles. The molecule has 3 rings (SSSR count). The standard InChI is InChI=1S/C21H27N3O2/c1-26-20-6-4-17(5-7-20)13-18-8-11-24(12-9-18)16-21(25)23-15-19-3-2-10-22-14-19/h2-7,10,14,18H,8-9,11-13,15-16H2,1H3,(H,23,25). The van der Waals surface area contributed by atoms with Crippen molar-refractivity contribution in [2.45, 2.75) is 25.8 Å². The number of likely N-dealkylation sites (tertiary alicyclic amines) is 1. The lowest BCUT2D eigenvalue weighted by molar-refractivity contribution is -0.122. The highest BCUT2D eigenvalue weighted by atomic mass is 16.5. The molecule has 2 heterocycles. The highest BCUT2D eigenvalue weighted by molar-refractivity contribution is 5.78. The number of aromatic nitrogens is 1. The van der Waals surface area contributed by atoms with Crippen molar-refractivity contribution in [3.05, 3.63) is 59.9 Å². The molecule has 26 heavy (non-hydrogen) atoms. The average molecular weight is 353 g/mol. The van der Waals surface area contributed by atoms with E-state index >= 15 is 0 Å². The van der Waals surface area contributed by atoms with Crippen molar-refractivity contribution in [1.29, 1.82) is 0 Å². The smallest absolute Gasteiger partial charge is 0.234 e. The van der Waals surface area contributed by atoms with Crippen LogP contribution in [0.4, 0.5) is 0 Å². The second-order valence-corrected chi connectivity index (χ2v) is 6.91. The minimum absolute atomic E-state index is 0.0856. The topological polar surface area (TPSA) is 54.5 Å². The lowest BCUT2D eigenvalue weighted by Crippen LogP contribution is -2.41. The number of hydrogen-bond donors (Lipinski definition) is 1. The van der Waals surface area contributed by atoms with Crippen LogP contribution in [0.15, 0.2) is 48.8 Å². The third kappa shape index (κ3) is 5.56.